The number of hydrogen-bond donors (Lipinski definition) is 3. The fourth-order valence-corrected chi connectivity index (χ4v) is 0.753. The summed E-state index contributed by atoms with van der Waals surface area (Å²) in [4.78, 5) is 21.7. The van der Waals surface area contributed by atoms with Crippen LogP contribution in [0.5, 0.6) is 0 Å². The van der Waals surface area contributed by atoms with Gasteiger partial charge in [-0.15, -0.1) is 0 Å². The second-order valence-electron chi connectivity index (χ2n) is 3.30. The van der Waals surface area contributed by atoms with Crippen molar-refractivity contribution < 1.29 is 14.7 Å². The van der Waals surface area contributed by atoms with E-state index in [1.54, 1.807) is 13.8 Å². The number of rotatable bonds is 4. The Bertz CT molecular complexity index is 204. The highest BCUT2D eigenvalue weighted by Gasteiger charge is 2.26. The molecule has 0 spiro atoms. The third kappa shape index (κ3) is 3.89. The summed E-state index contributed by atoms with van der Waals surface area (Å²) in [5.74, 6) is -2.12. The van der Waals surface area contributed by atoms with Crippen LogP contribution in [0.4, 0.5) is 0 Å². The van der Waals surface area contributed by atoms with Crippen molar-refractivity contribution >= 4 is 11.8 Å². The molecule has 0 aromatic heterocycles. The summed E-state index contributed by atoms with van der Waals surface area (Å²) in [6, 6.07) is -0.0674. The van der Waals surface area contributed by atoms with E-state index in [0.717, 1.165) is 0 Å². The third-order valence-corrected chi connectivity index (χ3v) is 1.62. The molecule has 0 aliphatic rings. The number of amides is 2. The Kier molecular flexibility index (Phi) is 4.40. The van der Waals surface area contributed by atoms with E-state index in [1.807, 2.05) is 0 Å². The van der Waals surface area contributed by atoms with Crippen LogP contribution in [0.3, 0.4) is 0 Å². The Morgan fingerprint density at radius 2 is 1.77 bits per heavy atom. The number of nitrogens with one attached hydrogen (secondary N) is 1. The second kappa shape index (κ2) is 4.81. The molecular formula is C8H16N2O3. The zero-order chi connectivity index (χ0) is 10.6. The van der Waals surface area contributed by atoms with Crippen molar-refractivity contribution in [3.8, 4) is 0 Å². The first-order chi connectivity index (χ1) is 5.86. The maximum absolute atomic E-state index is 11.1. The number of primary amides is 1. The highest BCUT2D eigenvalue weighted by molar-refractivity contribution is 5.88. The van der Waals surface area contributed by atoms with Crippen molar-refractivity contribution in [1.82, 2.24) is 5.32 Å². The molecule has 76 valence electrons. The Morgan fingerprint density at radius 3 is 2.08 bits per heavy atom. The molecular weight excluding hydrogens is 172 g/mol. The van der Waals surface area contributed by atoms with Crippen molar-refractivity contribution in [2.24, 2.45) is 11.7 Å². The third-order valence-electron chi connectivity index (χ3n) is 1.62. The van der Waals surface area contributed by atoms with Gasteiger partial charge in [0.15, 0.2) is 0 Å². The first kappa shape index (κ1) is 11.9. The van der Waals surface area contributed by atoms with E-state index in [2.05, 4.69) is 5.32 Å². The highest BCUT2D eigenvalue weighted by atomic mass is 16.3. The van der Waals surface area contributed by atoms with E-state index in [9.17, 15) is 14.7 Å². The number of nitrogens with two attached hydrogens (primary N) is 1. The van der Waals surface area contributed by atoms with Crippen LogP contribution in [0, 0.1) is 5.92 Å². The average molecular weight is 188 g/mol. The topological polar surface area (TPSA) is 92.4 Å². The molecule has 0 aromatic rings. The van der Waals surface area contributed by atoms with Crippen LogP contribution in [-0.4, -0.2) is 29.1 Å². The standard InChI is InChI=1S/C8H16N2O3/c1-4(2)10-8(13)6(11)5(3)7(9)12/h4-6,11H,1-3H3,(H2,9,12)(H,10,13)/t5-,6-/m0/s1. The van der Waals surface area contributed by atoms with E-state index in [1.165, 1.54) is 6.92 Å². The molecule has 0 heterocycles. The molecule has 0 saturated carbocycles. The smallest absolute Gasteiger partial charge is 0.249 e. The monoisotopic (exact) mass is 188 g/mol. The van der Waals surface area contributed by atoms with Crippen LogP contribution in [-0.2, 0) is 9.59 Å². The average Bonchev–Trinajstić information content (AvgIpc) is 2.00. The van der Waals surface area contributed by atoms with E-state index in [-0.39, 0.29) is 6.04 Å². The van der Waals surface area contributed by atoms with Crippen molar-refractivity contribution in [2.45, 2.75) is 32.9 Å². The van der Waals surface area contributed by atoms with E-state index >= 15 is 0 Å². The van der Waals surface area contributed by atoms with E-state index < -0.39 is 23.8 Å². The summed E-state index contributed by atoms with van der Waals surface area (Å²) in [5.41, 5.74) is 4.93. The number of carbonyl (C=O) groups excluding carboxylic acids is 2. The number of aliphatic hydroxyl groups is 1. The molecule has 4 N–H and O–H groups in total. The zero-order valence-corrected chi connectivity index (χ0v) is 8.07. The van der Waals surface area contributed by atoms with Gasteiger partial charge in [0.25, 0.3) is 0 Å². The molecule has 0 saturated heterocycles. The lowest BCUT2D eigenvalue weighted by molar-refractivity contribution is -0.138. The zero-order valence-electron chi connectivity index (χ0n) is 8.07. The van der Waals surface area contributed by atoms with Gasteiger partial charge in [-0.1, -0.05) is 6.92 Å². The van der Waals surface area contributed by atoms with Crippen molar-refractivity contribution in [3.05, 3.63) is 0 Å². The van der Waals surface area contributed by atoms with Crippen molar-refractivity contribution in [2.75, 3.05) is 0 Å². The summed E-state index contributed by atoms with van der Waals surface area (Å²) in [6.45, 7) is 4.94. The number of carbonyl (C=O) groups is 2. The lowest BCUT2D eigenvalue weighted by Gasteiger charge is -2.16. The SMILES string of the molecule is CC(C)NC(=O)[C@@H](O)[C@H](C)C(N)=O. The summed E-state index contributed by atoms with van der Waals surface area (Å²) < 4.78 is 0. The van der Waals surface area contributed by atoms with Gasteiger partial charge in [-0.05, 0) is 13.8 Å². The lowest BCUT2D eigenvalue weighted by atomic mass is 10.0. The number of aliphatic hydroxyl groups excluding tert-OH is 1. The Labute approximate surface area is 77.3 Å². The van der Waals surface area contributed by atoms with Gasteiger partial charge in [0.05, 0.1) is 5.92 Å². The number of hydrogen-bond acceptors (Lipinski definition) is 3. The van der Waals surface area contributed by atoms with Crippen LogP contribution in [0.1, 0.15) is 20.8 Å². The molecule has 5 nitrogen and oxygen atoms in total. The second-order valence-corrected chi connectivity index (χ2v) is 3.30. The van der Waals surface area contributed by atoms with E-state index in [0.29, 0.717) is 0 Å². The van der Waals surface area contributed by atoms with E-state index in [4.69, 9.17) is 5.73 Å². The Hall–Kier alpha value is -1.10. The minimum atomic E-state index is -1.36. The molecule has 0 fully saturated rings. The Morgan fingerprint density at radius 1 is 1.31 bits per heavy atom. The Balaban J connectivity index is 4.17. The normalized spacial score (nSPS) is 15.2. The first-order valence-corrected chi connectivity index (χ1v) is 4.14. The molecule has 0 rings (SSSR count). The molecule has 0 radical (unpaired) electrons. The predicted octanol–water partition coefficient (Wildman–Crippen LogP) is -1.01. The minimum Gasteiger partial charge on any atom is -0.382 e. The van der Waals surface area contributed by atoms with Gasteiger partial charge >= 0.3 is 0 Å². The molecule has 2 amide bonds. The van der Waals surface area contributed by atoms with Crippen molar-refractivity contribution in [3.63, 3.8) is 0 Å². The maximum atomic E-state index is 11.1. The maximum Gasteiger partial charge on any atom is 0.249 e. The molecule has 2 atom stereocenters. The quantitative estimate of drug-likeness (QED) is 0.528. The van der Waals surface area contributed by atoms with Crippen LogP contribution < -0.4 is 11.1 Å². The van der Waals surface area contributed by atoms with Gasteiger partial charge < -0.3 is 16.2 Å². The van der Waals surface area contributed by atoms with Crippen LogP contribution in [0.15, 0.2) is 0 Å². The largest absolute Gasteiger partial charge is 0.382 e. The van der Waals surface area contributed by atoms with Crippen molar-refractivity contribution in [1.29, 1.82) is 0 Å². The summed E-state index contributed by atoms with van der Waals surface area (Å²) in [7, 11) is 0. The summed E-state index contributed by atoms with van der Waals surface area (Å²) >= 11 is 0. The summed E-state index contributed by atoms with van der Waals surface area (Å²) in [6.07, 6.45) is -1.36. The van der Waals surface area contributed by atoms with Crippen LogP contribution in [0.25, 0.3) is 0 Å². The molecule has 0 aliphatic carbocycles. The van der Waals surface area contributed by atoms with Gasteiger partial charge in [-0.2, -0.15) is 0 Å². The molecule has 13 heavy (non-hydrogen) atoms. The lowest BCUT2D eigenvalue weighted by Crippen LogP contribution is -2.45. The molecule has 0 aliphatic heterocycles. The minimum absolute atomic E-state index is 0.0674. The molecule has 0 unspecified atom stereocenters. The van der Waals surface area contributed by atoms with Crippen LogP contribution >= 0.6 is 0 Å². The van der Waals surface area contributed by atoms with Gasteiger partial charge in [0, 0.05) is 6.04 Å². The highest BCUT2D eigenvalue weighted by Crippen LogP contribution is 2.02. The first-order valence-electron chi connectivity index (χ1n) is 4.14. The van der Waals surface area contributed by atoms with Gasteiger partial charge in [-0.25, -0.2) is 0 Å². The van der Waals surface area contributed by atoms with Gasteiger partial charge in [0.2, 0.25) is 11.8 Å². The molecule has 5 heteroatoms. The van der Waals surface area contributed by atoms with Gasteiger partial charge in [-0.3, -0.25) is 9.59 Å². The predicted molar refractivity (Wildman–Crippen MR) is 47.6 cm³/mol. The van der Waals surface area contributed by atoms with Crippen LogP contribution in [0.2, 0.25) is 0 Å². The molecule has 0 aromatic carbocycles. The fraction of sp³-hybridized carbons (Fsp3) is 0.750. The summed E-state index contributed by atoms with van der Waals surface area (Å²) in [5, 5.41) is 11.8. The molecule has 0 bridgehead atoms. The van der Waals surface area contributed by atoms with Gasteiger partial charge in [0.1, 0.15) is 6.10 Å². The fourth-order valence-electron chi connectivity index (χ4n) is 0.753.